The fourth-order valence-corrected chi connectivity index (χ4v) is 2.99. The lowest BCUT2D eigenvalue weighted by Crippen LogP contribution is -2.00. The van der Waals surface area contributed by atoms with Crippen LogP contribution in [0.3, 0.4) is 0 Å². The molecule has 0 radical (unpaired) electrons. The van der Waals surface area contributed by atoms with E-state index < -0.39 is 0 Å². The lowest BCUT2D eigenvalue weighted by atomic mass is 10.1. The van der Waals surface area contributed by atoms with Crippen molar-refractivity contribution in [2.24, 2.45) is 0 Å². The summed E-state index contributed by atoms with van der Waals surface area (Å²) in [6.07, 6.45) is 4.41. The Morgan fingerprint density at radius 1 is 1.04 bits per heavy atom. The van der Waals surface area contributed by atoms with Crippen LogP contribution in [0.15, 0.2) is 54.7 Å². The summed E-state index contributed by atoms with van der Waals surface area (Å²) in [6.45, 7) is 2.14. The van der Waals surface area contributed by atoms with Crippen LogP contribution in [0, 0.1) is 5.82 Å². The van der Waals surface area contributed by atoms with Gasteiger partial charge >= 0.3 is 0 Å². The minimum Gasteiger partial charge on any atom is -0.343 e. The number of aromatic nitrogens is 1. The molecule has 3 heteroatoms. The number of hydrogen-bond acceptors (Lipinski definition) is 1. The van der Waals surface area contributed by atoms with Crippen LogP contribution in [-0.2, 0) is 17.8 Å². The maximum absolute atomic E-state index is 13.9. The first kappa shape index (κ1) is 15.5. The van der Waals surface area contributed by atoms with Crippen LogP contribution in [-0.4, -0.2) is 10.4 Å². The maximum Gasteiger partial charge on any atom is 0.129 e. The molecule has 3 aromatic rings. The summed E-state index contributed by atoms with van der Waals surface area (Å²) in [5.74, 6) is 0.0449. The predicted octanol–water partition coefficient (Wildman–Crippen LogP) is 4.74. The van der Waals surface area contributed by atoms with Gasteiger partial charge in [-0.2, -0.15) is 0 Å². The van der Waals surface area contributed by atoms with E-state index in [1.807, 2.05) is 24.3 Å². The molecule has 3 rings (SSSR count). The van der Waals surface area contributed by atoms with Crippen molar-refractivity contribution >= 4 is 16.7 Å². The molecular formula is C20H20FNO. The lowest BCUT2D eigenvalue weighted by molar-refractivity contribution is -0.117. The van der Waals surface area contributed by atoms with E-state index in [4.69, 9.17) is 0 Å². The molecule has 0 unspecified atom stereocenters. The monoisotopic (exact) mass is 309 g/mol. The second-order valence-corrected chi connectivity index (χ2v) is 5.95. The fourth-order valence-electron chi connectivity index (χ4n) is 2.99. The number of carbonyl (C=O) groups is 1. The van der Waals surface area contributed by atoms with Crippen LogP contribution in [0.25, 0.3) is 10.9 Å². The molecule has 0 fully saturated rings. The van der Waals surface area contributed by atoms with E-state index in [0.717, 1.165) is 18.4 Å². The average Bonchev–Trinajstić information content (AvgIpc) is 2.88. The van der Waals surface area contributed by atoms with Crippen molar-refractivity contribution in [3.8, 4) is 0 Å². The number of hydrogen-bond donors (Lipinski definition) is 0. The van der Waals surface area contributed by atoms with Crippen LogP contribution in [0.5, 0.6) is 0 Å². The van der Waals surface area contributed by atoms with Crippen molar-refractivity contribution in [3.05, 3.63) is 71.7 Å². The number of rotatable bonds is 6. The van der Waals surface area contributed by atoms with Crippen molar-refractivity contribution in [2.75, 3.05) is 0 Å². The summed E-state index contributed by atoms with van der Waals surface area (Å²) < 4.78 is 16.0. The maximum atomic E-state index is 13.9. The first-order chi connectivity index (χ1) is 11.1. The largest absolute Gasteiger partial charge is 0.343 e. The molecule has 0 N–H and O–H groups in total. The molecule has 0 spiro atoms. The van der Waals surface area contributed by atoms with Gasteiger partial charge in [-0.3, -0.25) is 0 Å². The average molecular weight is 309 g/mol. The molecule has 2 aromatic carbocycles. The van der Waals surface area contributed by atoms with Gasteiger partial charge in [0, 0.05) is 29.1 Å². The molecule has 0 atom stereocenters. The van der Waals surface area contributed by atoms with Gasteiger partial charge in [0.2, 0.25) is 0 Å². The molecule has 0 saturated carbocycles. The zero-order valence-corrected chi connectivity index (χ0v) is 13.3. The Bertz CT molecular complexity index is 835. The molecular weight excluding hydrogens is 289 g/mol. The number of ketones is 1. The highest BCUT2D eigenvalue weighted by atomic mass is 19.1. The highest BCUT2D eigenvalue weighted by Gasteiger charge is 2.10. The smallest absolute Gasteiger partial charge is 0.129 e. The zero-order valence-electron chi connectivity index (χ0n) is 13.3. The fraction of sp³-hybridized carbons (Fsp3) is 0.250. The second-order valence-electron chi connectivity index (χ2n) is 5.95. The molecule has 0 amide bonds. The summed E-state index contributed by atoms with van der Waals surface area (Å²) in [5.41, 5.74) is 3.01. The number of fused-ring (bicyclic) bond motifs is 1. The van der Waals surface area contributed by atoms with E-state index in [-0.39, 0.29) is 11.6 Å². The SMILES string of the molecule is CC(=O)CCCc1cn(Cc2ccccc2F)c2ccccc12. The number of halogens is 1. The van der Waals surface area contributed by atoms with E-state index in [2.05, 4.69) is 22.9 Å². The van der Waals surface area contributed by atoms with Gasteiger partial charge < -0.3 is 9.36 Å². The van der Waals surface area contributed by atoms with E-state index in [0.29, 0.717) is 18.5 Å². The third kappa shape index (κ3) is 3.50. The highest BCUT2D eigenvalue weighted by molar-refractivity contribution is 5.84. The first-order valence-corrected chi connectivity index (χ1v) is 7.95. The summed E-state index contributed by atoms with van der Waals surface area (Å²) in [5, 5.41) is 1.19. The molecule has 118 valence electrons. The molecule has 0 bridgehead atoms. The minimum absolute atomic E-state index is 0.177. The van der Waals surface area contributed by atoms with Crippen molar-refractivity contribution in [2.45, 2.75) is 32.7 Å². The summed E-state index contributed by atoms with van der Waals surface area (Å²) >= 11 is 0. The second kappa shape index (κ2) is 6.78. The van der Waals surface area contributed by atoms with Crippen LogP contribution in [0.2, 0.25) is 0 Å². The number of nitrogens with zero attached hydrogens (tertiary/aromatic N) is 1. The Kier molecular flexibility index (Phi) is 4.56. The van der Waals surface area contributed by atoms with Gasteiger partial charge in [0.1, 0.15) is 11.6 Å². The molecule has 0 aliphatic rings. The Balaban J connectivity index is 1.91. The number of carbonyl (C=O) groups excluding carboxylic acids is 1. The van der Waals surface area contributed by atoms with Crippen molar-refractivity contribution in [1.29, 1.82) is 0 Å². The Hall–Kier alpha value is -2.42. The van der Waals surface area contributed by atoms with E-state index in [1.54, 1.807) is 13.0 Å². The predicted molar refractivity (Wildman–Crippen MR) is 91.1 cm³/mol. The Morgan fingerprint density at radius 3 is 2.57 bits per heavy atom. The topological polar surface area (TPSA) is 22.0 Å². The number of para-hydroxylation sites is 1. The van der Waals surface area contributed by atoms with Gasteiger partial charge in [0.05, 0.1) is 6.54 Å². The van der Waals surface area contributed by atoms with Gasteiger partial charge in [-0.15, -0.1) is 0 Å². The summed E-state index contributed by atoms with van der Waals surface area (Å²) in [4.78, 5) is 11.1. The van der Waals surface area contributed by atoms with Crippen LogP contribution in [0.1, 0.15) is 30.9 Å². The molecule has 1 heterocycles. The Morgan fingerprint density at radius 2 is 1.78 bits per heavy atom. The molecule has 0 aliphatic carbocycles. The highest BCUT2D eigenvalue weighted by Crippen LogP contribution is 2.24. The van der Waals surface area contributed by atoms with E-state index in [1.165, 1.54) is 17.0 Å². The third-order valence-electron chi connectivity index (χ3n) is 4.14. The molecule has 0 saturated heterocycles. The first-order valence-electron chi connectivity index (χ1n) is 7.95. The normalized spacial score (nSPS) is 11.0. The van der Waals surface area contributed by atoms with Crippen molar-refractivity contribution < 1.29 is 9.18 Å². The molecule has 2 nitrogen and oxygen atoms in total. The van der Waals surface area contributed by atoms with Gasteiger partial charge in [0.25, 0.3) is 0 Å². The standard InChI is InChI=1S/C20H20FNO/c1-15(23)7-6-9-16-13-22(20-12-5-3-10-18(16)20)14-17-8-2-4-11-19(17)21/h2-5,8,10-13H,6-7,9,14H2,1H3. The minimum atomic E-state index is -0.177. The van der Waals surface area contributed by atoms with Gasteiger partial charge in [-0.05, 0) is 37.5 Å². The van der Waals surface area contributed by atoms with Crippen molar-refractivity contribution in [1.82, 2.24) is 4.57 Å². The van der Waals surface area contributed by atoms with Gasteiger partial charge in [-0.25, -0.2) is 4.39 Å². The van der Waals surface area contributed by atoms with Crippen LogP contribution < -0.4 is 0 Å². The van der Waals surface area contributed by atoms with Gasteiger partial charge in [-0.1, -0.05) is 36.4 Å². The quantitative estimate of drug-likeness (QED) is 0.644. The van der Waals surface area contributed by atoms with Crippen LogP contribution >= 0.6 is 0 Å². The third-order valence-corrected chi connectivity index (χ3v) is 4.14. The van der Waals surface area contributed by atoms with E-state index in [9.17, 15) is 9.18 Å². The van der Waals surface area contributed by atoms with Gasteiger partial charge in [0.15, 0.2) is 0 Å². The molecule has 0 aliphatic heterocycles. The van der Waals surface area contributed by atoms with E-state index >= 15 is 0 Å². The zero-order chi connectivity index (χ0) is 16.2. The lowest BCUT2D eigenvalue weighted by Gasteiger charge is -2.06. The summed E-state index contributed by atoms with van der Waals surface area (Å²) in [7, 11) is 0. The molecule has 23 heavy (non-hydrogen) atoms. The van der Waals surface area contributed by atoms with Crippen molar-refractivity contribution in [3.63, 3.8) is 0 Å². The number of Topliss-reactive ketones (excluding diaryl/α,β-unsaturated/α-hetero) is 1. The number of benzene rings is 2. The van der Waals surface area contributed by atoms with Crippen LogP contribution in [0.4, 0.5) is 4.39 Å². The Labute approximate surface area is 135 Å². The summed E-state index contributed by atoms with van der Waals surface area (Å²) in [6, 6.07) is 15.1. The molecule has 1 aromatic heterocycles. The number of aryl methyl sites for hydroxylation is 1.